The third-order valence-electron chi connectivity index (χ3n) is 2.93. The van der Waals surface area contributed by atoms with E-state index in [1.54, 1.807) is 11.3 Å². The molecule has 1 atom stereocenters. The Labute approximate surface area is 89.8 Å². The van der Waals surface area contributed by atoms with Gasteiger partial charge in [-0.05, 0) is 32.7 Å². The van der Waals surface area contributed by atoms with Crippen molar-refractivity contribution >= 4 is 11.3 Å². The minimum Gasteiger partial charge on any atom is -0.311 e. The Hall–Kier alpha value is -0.410. The fourth-order valence-corrected chi connectivity index (χ4v) is 2.84. The van der Waals surface area contributed by atoms with E-state index < -0.39 is 0 Å². The van der Waals surface area contributed by atoms with Crippen molar-refractivity contribution in [1.82, 2.24) is 10.3 Å². The second-order valence-corrected chi connectivity index (χ2v) is 5.30. The Morgan fingerprint density at radius 2 is 2.50 bits per heavy atom. The highest BCUT2D eigenvalue weighted by molar-refractivity contribution is 7.09. The number of aryl methyl sites for hydroxylation is 1. The van der Waals surface area contributed by atoms with Gasteiger partial charge in [-0.2, -0.15) is 0 Å². The highest BCUT2D eigenvalue weighted by Crippen LogP contribution is 2.24. The van der Waals surface area contributed by atoms with Crippen molar-refractivity contribution in [3.05, 3.63) is 16.1 Å². The largest absolute Gasteiger partial charge is 0.311 e. The molecule has 78 valence electrons. The summed E-state index contributed by atoms with van der Waals surface area (Å²) in [5.41, 5.74) is 1.57. The van der Waals surface area contributed by atoms with Gasteiger partial charge >= 0.3 is 0 Å². The van der Waals surface area contributed by atoms with E-state index in [1.807, 2.05) is 0 Å². The Morgan fingerprint density at radius 1 is 1.64 bits per heavy atom. The van der Waals surface area contributed by atoms with E-state index in [-0.39, 0.29) is 0 Å². The first-order chi connectivity index (χ1) is 6.72. The van der Waals surface area contributed by atoms with Crippen molar-refractivity contribution in [2.75, 3.05) is 6.54 Å². The van der Waals surface area contributed by atoms with Gasteiger partial charge in [-0.25, -0.2) is 4.98 Å². The normalized spacial score (nSPS) is 27.0. The lowest BCUT2D eigenvalue weighted by Gasteiger charge is -2.22. The average Bonchev–Trinajstić information content (AvgIpc) is 2.75. The smallest absolute Gasteiger partial charge is 0.0925 e. The molecule has 0 radical (unpaired) electrons. The minimum absolute atomic E-state index is 0.305. The predicted octanol–water partition coefficient (Wildman–Crippen LogP) is 2.39. The van der Waals surface area contributed by atoms with Gasteiger partial charge in [0.25, 0.3) is 0 Å². The molecule has 1 aliphatic rings. The molecular weight excluding hydrogens is 192 g/mol. The maximum Gasteiger partial charge on any atom is 0.0925 e. The van der Waals surface area contributed by atoms with Crippen LogP contribution in [0.3, 0.4) is 0 Å². The third-order valence-corrected chi connectivity index (χ3v) is 3.97. The molecule has 0 aliphatic carbocycles. The SMILES string of the molecule is CCc1nc(CC2(C)CCCN2)cs1. The maximum absolute atomic E-state index is 4.62. The van der Waals surface area contributed by atoms with Crippen LogP contribution in [0.25, 0.3) is 0 Å². The average molecular weight is 210 g/mol. The van der Waals surface area contributed by atoms with Crippen LogP contribution in [0, 0.1) is 0 Å². The van der Waals surface area contributed by atoms with Gasteiger partial charge in [0.15, 0.2) is 0 Å². The third kappa shape index (κ3) is 2.15. The van der Waals surface area contributed by atoms with Gasteiger partial charge in [-0.3, -0.25) is 0 Å². The van der Waals surface area contributed by atoms with Crippen LogP contribution in [0.1, 0.15) is 37.4 Å². The van der Waals surface area contributed by atoms with Crippen molar-refractivity contribution in [3.8, 4) is 0 Å². The van der Waals surface area contributed by atoms with Crippen LogP contribution in [0.2, 0.25) is 0 Å². The molecule has 1 fully saturated rings. The number of nitrogens with one attached hydrogen (secondary N) is 1. The molecule has 2 rings (SSSR count). The lowest BCUT2D eigenvalue weighted by molar-refractivity contribution is 0.409. The van der Waals surface area contributed by atoms with Crippen LogP contribution < -0.4 is 5.32 Å². The van der Waals surface area contributed by atoms with Crippen LogP contribution in [0.4, 0.5) is 0 Å². The summed E-state index contributed by atoms with van der Waals surface area (Å²) in [7, 11) is 0. The molecule has 0 saturated carbocycles. The Morgan fingerprint density at radius 3 is 3.07 bits per heavy atom. The lowest BCUT2D eigenvalue weighted by Crippen LogP contribution is -2.38. The Kier molecular flexibility index (Phi) is 2.88. The van der Waals surface area contributed by atoms with Crippen molar-refractivity contribution in [2.45, 2.75) is 45.1 Å². The topological polar surface area (TPSA) is 24.9 Å². The van der Waals surface area contributed by atoms with Crippen LogP contribution in [0.15, 0.2) is 5.38 Å². The lowest BCUT2D eigenvalue weighted by atomic mass is 9.95. The highest BCUT2D eigenvalue weighted by atomic mass is 32.1. The molecule has 1 aliphatic heterocycles. The summed E-state index contributed by atoms with van der Waals surface area (Å²) in [6.45, 7) is 5.64. The van der Waals surface area contributed by atoms with E-state index >= 15 is 0 Å². The monoisotopic (exact) mass is 210 g/mol. The molecule has 0 spiro atoms. The zero-order chi connectivity index (χ0) is 10.0. The molecule has 0 bridgehead atoms. The number of hydrogen-bond donors (Lipinski definition) is 1. The van der Waals surface area contributed by atoms with Crippen LogP contribution >= 0.6 is 11.3 Å². The summed E-state index contributed by atoms with van der Waals surface area (Å²) in [6.07, 6.45) is 4.74. The van der Waals surface area contributed by atoms with Crippen molar-refractivity contribution in [2.24, 2.45) is 0 Å². The summed E-state index contributed by atoms with van der Waals surface area (Å²) in [5.74, 6) is 0. The van der Waals surface area contributed by atoms with Crippen LogP contribution in [0.5, 0.6) is 0 Å². The fraction of sp³-hybridized carbons (Fsp3) is 0.727. The van der Waals surface area contributed by atoms with Gasteiger partial charge in [-0.15, -0.1) is 11.3 Å². The predicted molar refractivity (Wildman–Crippen MR) is 60.8 cm³/mol. The van der Waals surface area contributed by atoms with Gasteiger partial charge in [0.05, 0.1) is 10.7 Å². The summed E-state index contributed by atoms with van der Waals surface area (Å²) in [6, 6.07) is 0. The molecule has 1 N–H and O–H groups in total. The molecule has 2 heterocycles. The Bertz CT molecular complexity index is 300. The fourth-order valence-electron chi connectivity index (χ4n) is 2.10. The molecule has 3 heteroatoms. The molecule has 14 heavy (non-hydrogen) atoms. The van der Waals surface area contributed by atoms with Gasteiger partial charge in [0, 0.05) is 17.3 Å². The maximum atomic E-state index is 4.62. The van der Waals surface area contributed by atoms with E-state index in [2.05, 4.69) is 29.5 Å². The van der Waals surface area contributed by atoms with Crippen molar-refractivity contribution in [1.29, 1.82) is 0 Å². The van der Waals surface area contributed by atoms with Gasteiger partial charge in [-0.1, -0.05) is 6.92 Å². The summed E-state index contributed by atoms with van der Waals surface area (Å²) < 4.78 is 0. The van der Waals surface area contributed by atoms with Crippen molar-refractivity contribution in [3.63, 3.8) is 0 Å². The Balaban J connectivity index is 2.02. The summed E-state index contributed by atoms with van der Waals surface area (Å²) in [4.78, 5) is 4.62. The number of rotatable bonds is 3. The standard InChI is InChI=1S/C11H18N2S/c1-3-10-13-9(8-14-10)7-11(2)5-4-6-12-11/h8,12H,3-7H2,1-2H3. The second kappa shape index (κ2) is 3.99. The van der Waals surface area contributed by atoms with Gasteiger partial charge in [0.1, 0.15) is 0 Å². The van der Waals surface area contributed by atoms with E-state index in [1.165, 1.54) is 30.1 Å². The second-order valence-electron chi connectivity index (χ2n) is 4.35. The first-order valence-electron chi connectivity index (χ1n) is 5.40. The molecule has 1 aromatic heterocycles. The van der Waals surface area contributed by atoms with E-state index in [0.29, 0.717) is 5.54 Å². The molecule has 0 amide bonds. The van der Waals surface area contributed by atoms with E-state index in [9.17, 15) is 0 Å². The highest BCUT2D eigenvalue weighted by Gasteiger charge is 2.28. The number of hydrogen-bond acceptors (Lipinski definition) is 3. The van der Waals surface area contributed by atoms with Crippen molar-refractivity contribution < 1.29 is 0 Å². The molecule has 2 nitrogen and oxygen atoms in total. The van der Waals surface area contributed by atoms with Gasteiger partial charge < -0.3 is 5.32 Å². The molecule has 1 unspecified atom stereocenters. The number of nitrogens with zero attached hydrogens (tertiary/aromatic N) is 1. The summed E-state index contributed by atoms with van der Waals surface area (Å²) >= 11 is 1.79. The van der Waals surface area contributed by atoms with Crippen LogP contribution in [-0.4, -0.2) is 17.1 Å². The molecular formula is C11H18N2S. The van der Waals surface area contributed by atoms with E-state index in [0.717, 1.165) is 12.8 Å². The van der Waals surface area contributed by atoms with Gasteiger partial charge in [0.2, 0.25) is 0 Å². The quantitative estimate of drug-likeness (QED) is 0.828. The molecule has 0 aromatic carbocycles. The zero-order valence-corrected chi connectivity index (χ0v) is 9.78. The zero-order valence-electron chi connectivity index (χ0n) is 8.97. The molecule has 1 aromatic rings. The first-order valence-corrected chi connectivity index (χ1v) is 6.28. The number of aromatic nitrogens is 1. The minimum atomic E-state index is 0.305. The molecule has 1 saturated heterocycles. The first kappa shape index (κ1) is 10.1. The summed E-state index contributed by atoms with van der Waals surface area (Å²) in [5, 5.41) is 7.05. The number of thiazole rings is 1. The van der Waals surface area contributed by atoms with Crippen LogP contribution in [-0.2, 0) is 12.8 Å². The van der Waals surface area contributed by atoms with E-state index in [4.69, 9.17) is 0 Å².